The summed E-state index contributed by atoms with van der Waals surface area (Å²) in [5, 5.41) is 9.71. The first-order valence-corrected chi connectivity index (χ1v) is 11.4. The minimum atomic E-state index is -4.03. The summed E-state index contributed by atoms with van der Waals surface area (Å²) >= 11 is 0. The first-order valence-electron chi connectivity index (χ1n) is 7.74. The Bertz CT molecular complexity index is 1080. The van der Waals surface area contributed by atoms with Gasteiger partial charge in [0.25, 0.3) is 20.2 Å². The van der Waals surface area contributed by atoms with Gasteiger partial charge in [0, 0.05) is 17.5 Å². The van der Waals surface area contributed by atoms with Crippen molar-refractivity contribution in [3.05, 3.63) is 46.0 Å². The number of benzene rings is 1. The minimum absolute atomic E-state index is 0.0383. The lowest BCUT2D eigenvalue weighted by molar-refractivity contribution is 0.0768. The van der Waals surface area contributed by atoms with Gasteiger partial charge in [0.1, 0.15) is 12.2 Å². The van der Waals surface area contributed by atoms with E-state index in [2.05, 4.69) is 0 Å². The molecule has 2 aliphatic carbocycles. The number of rotatable bonds is 5. The molecule has 1 aromatic carbocycles. The predicted octanol–water partition coefficient (Wildman–Crippen LogP) is 0.0323. The third kappa shape index (κ3) is 3.87. The Morgan fingerprint density at radius 1 is 1.04 bits per heavy atom. The topological polar surface area (TPSA) is 141 Å². The Morgan fingerprint density at radius 3 is 2.19 bits per heavy atom. The van der Waals surface area contributed by atoms with Crippen molar-refractivity contribution < 1.29 is 39.9 Å². The SMILES string of the molecule is CS(=O)(=O)OC1Cc2c3c(cc(CO)c2C1OS(C)(=O)=O)C(=O)C=CC3=O. The molecule has 0 saturated heterocycles. The lowest BCUT2D eigenvalue weighted by Gasteiger charge is -2.21. The summed E-state index contributed by atoms with van der Waals surface area (Å²) < 4.78 is 56.6. The average molecular weight is 416 g/mol. The highest BCUT2D eigenvalue weighted by Crippen LogP contribution is 2.43. The highest BCUT2D eigenvalue weighted by molar-refractivity contribution is 7.86. The van der Waals surface area contributed by atoms with E-state index in [0.29, 0.717) is 0 Å². The lowest BCUT2D eigenvalue weighted by Crippen LogP contribution is -2.26. The second-order valence-electron chi connectivity index (χ2n) is 6.33. The number of aliphatic hydroxyl groups excluding tert-OH is 1. The first kappa shape index (κ1) is 19.8. The van der Waals surface area contributed by atoms with Gasteiger partial charge in [-0.3, -0.25) is 18.0 Å². The monoisotopic (exact) mass is 416 g/mol. The van der Waals surface area contributed by atoms with Crippen molar-refractivity contribution in [2.24, 2.45) is 0 Å². The molecule has 2 atom stereocenters. The second kappa shape index (κ2) is 6.60. The van der Waals surface area contributed by atoms with Crippen molar-refractivity contribution in [2.75, 3.05) is 12.5 Å². The molecule has 0 amide bonds. The Hall–Kier alpha value is -1.92. The van der Waals surface area contributed by atoms with Gasteiger partial charge in [-0.1, -0.05) is 0 Å². The summed E-state index contributed by atoms with van der Waals surface area (Å²) in [6.07, 6.45) is 0.944. The largest absolute Gasteiger partial charge is 0.392 e. The predicted molar refractivity (Wildman–Crippen MR) is 92.3 cm³/mol. The van der Waals surface area contributed by atoms with E-state index in [1.807, 2.05) is 0 Å². The number of aliphatic hydroxyl groups is 1. The summed E-state index contributed by atoms with van der Waals surface area (Å²) in [6.45, 7) is -0.573. The van der Waals surface area contributed by atoms with E-state index in [9.17, 15) is 31.5 Å². The zero-order valence-electron chi connectivity index (χ0n) is 14.3. The fourth-order valence-corrected chi connectivity index (χ4v) is 4.63. The van der Waals surface area contributed by atoms with Gasteiger partial charge < -0.3 is 5.11 Å². The minimum Gasteiger partial charge on any atom is -0.392 e. The van der Waals surface area contributed by atoms with E-state index < -0.39 is 50.6 Å². The molecular weight excluding hydrogens is 400 g/mol. The van der Waals surface area contributed by atoms with Crippen molar-refractivity contribution in [3.63, 3.8) is 0 Å². The van der Waals surface area contributed by atoms with Crippen molar-refractivity contribution >= 4 is 31.8 Å². The van der Waals surface area contributed by atoms with Crippen LogP contribution in [-0.2, 0) is 41.6 Å². The Labute approximate surface area is 155 Å². The van der Waals surface area contributed by atoms with Gasteiger partial charge in [0.05, 0.1) is 19.1 Å². The number of carbonyl (C=O) groups is 2. The van der Waals surface area contributed by atoms with Crippen LogP contribution >= 0.6 is 0 Å². The second-order valence-corrected chi connectivity index (χ2v) is 9.54. The Kier molecular flexibility index (Phi) is 4.85. The maximum atomic E-state index is 12.4. The molecule has 3 rings (SSSR count). The number of allylic oxidation sites excluding steroid dienone is 2. The first-order chi connectivity index (χ1) is 12.4. The van der Waals surface area contributed by atoms with Crippen LogP contribution in [0, 0.1) is 0 Å². The highest BCUT2D eigenvalue weighted by atomic mass is 32.2. The fraction of sp³-hybridized carbons (Fsp3) is 0.375. The third-order valence-corrected chi connectivity index (χ3v) is 5.39. The molecule has 1 N–H and O–H groups in total. The number of hydrogen-bond donors (Lipinski definition) is 1. The van der Waals surface area contributed by atoms with E-state index in [4.69, 9.17) is 8.37 Å². The van der Waals surface area contributed by atoms with Gasteiger partial charge in [-0.2, -0.15) is 16.8 Å². The quantitative estimate of drug-likeness (QED) is 0.658. The molecule has 0 radical (unpaired) electrons. The van der Waals surface area contributed by atoms with Gasteiger partial charge in [0.2, 0.25) is 0 Å². The lowest BCUT2D eigenvalue weighted by atomic mass is 9.86. The number of carbonyl (C=O) groups excluding carboxylic acids is 2. The van der Waals surface area contributed by atoms with Crippen molar-refractivity contribution in [1.82, 2.24) is 0 Å². The molecule has 0 saturated carbocycles. The summed E-state index contributed by atoms with van der Waals surface area (Å²) in [6, 6.07) is 1.29. The number of fused-ring (bicyclic) bond motifs is 3. The zero-order valence-corrected chi connectivity index (χ0v) is 16.0. The molecular formula is C16H16O9S2. The van der Waals surface area contributed by atoms with Crippen molar-refractivity contribution in [1.29, 1.82) is 0 Å². The Morgan fingerprint density at radius 2 is 1.63 bits per heavy atom. The molecule has 27 heavy (non-hydrogen) atoms. The van der Waals surface area contributed by atoms with Crippen molar-refractivity contribution in [2.45, 2.75) is 25.2 Å². The summed E-state index contributed by atoms with van der Waals surface area (Å²) in [7, 11) is -8.01. The Balaban J connectivity index is 2.26. The molecule has 146 valence electrons. The van der Waals surface area contributed by atoms with Crippen LogP contribution in [0.2, 0.25) is 0 Å². The highest BCUT2D eigenvalue weighted by Gasteiger charge is 2.43. The van der Waals surface area contributed by atoms with Crippen molar-refractivity contribution in [3.8, 4) is 0 Å². The summed E-state index contributed by atoms with van der Waals surface area (Å²) in [5.74, 6) is -0.932. The molecule has 1 aromatic rings. The van der Waals surface area contributed by atoms with E-state index >= 15 is 0 Å². The van der Waals surface area contributed by atoms with Crippen LogP contribution < -0.4 is 0 Å². The van der Waals surface area contributed by atoms with Gasteiger partial charge in [0.15, 0.2) is 11.6 Å². The normalized spacial score (nSPS) is 22.0. The molecule has 0 aliphatic heterocycles. The molecule has 9 nitrogen and oxygen atoms in total. The van der Waals surface area contributed by atoms with E-state index in [1.165, 1.54) is 6.07 Å². The van der Waals surface area contributed by atoms with E-state index in [-0.39, 0.29) is 34.2 Å². The number of ketones is 2. The van der Waals surface area contributed by atoms with Crippen LogP contribution in [-0.4, -0.2) is 52.1 Å². The van der Waals surface area contributed by atoms with E-state index in [1.54, 1.807) is 0 Å². The van der Waals surface area contributed by atoms with Gasteiger partial charge in [-0.05, 0) is 34.9 Å². The van der Waals surface area contributed by atoms with Gasteiger partial charge >= 0.3 is 0 Å². The van der Waals surface area contributed by atoms with Crippen LogP contribution in [0.5, 0.6) is 0 Å². The zero-order chi connectivity index (χ0) is 20.1. The third-order valence-electron chi connectivity index (χ3n) is 4.23. The van der Waals surface area contributed by atoms with Gasteiger partial charge in [-0.15, -0.1) is 0 Å². The average Bonchev–Trinajstić information content (AvgIpc) is 2.84. The maximum absolute atomic E-state index is 12.4. The molecule has 11 heteroatoms. The molecule has 0 fully saturated rings. The van der Waals surface area contributed by atoms with Crippen LogP contribution in [0.4, 0.5) is 0 Å². The molecule has 0 heterocycles. The molecule has 2 aliphatic rings. The maximum Gasteiger partial charge on any atom is 0.265 e. The summed E-state index contributed by atoms with van der Waals surface area (Å²) in [5.41, 5.74) is 0.640. The van der Waals surface area contributed by atoms with Crippen LogP contribution in [0.25, 0.3) is 0 Å². The standard InChI is InChI=1S/C16H16O9S2/c1-26(20,21)24-13-6-10-14(16(13)25-27(2,22)23)8(7-17)5-9-11(18)3-4-12(19)15(9)10/h3-5,13,16-17H,6-7H2,1-2H3. The molecule has 0 aromatic heterocycles. The molecule has 0 spiro atoms. The smallest absolute Gasteiger partial charge is 0.265 e. The van der Waals surface area contributed by atoms with Crippen LogP contribution in [0.15, 0.2) is 18.2 Å². The van der Waals surface area contributed by atoms with Crippen LogP contribution in [0.3, 0.4) is 0 Å². The van der Waals surface area contributed by atoms with Crippen LogP contribution in [0.1, 0.15) is 43.5 Å². The fourth-order valence-electron chi connectivity index (χ4n) is 3.41. The van der Waals surface area contributed by atoms with Gasteiger partial charge in [-0.25, -0.2) is 0 Å². The van der Waals surface area contributed by atoms with E-state index in [0.717, 1.165) is 24.7 Å². The molecule has 2 unspecified atom stereocenters. The number of hydrogen-bond acceptors (Lipinski definition) is 9. The molecule has 0 bridgehead atoms. The summed E-state index contributed by atoms with van der Waals surface area (Å²) in [4.78, 5) is 24.5.